The van der Waals surface area contributed by atoms with E-state index in [-0.39, 0.29) is 0 Å². The van der Waals surface area contributed by atoms with Gasteiger partial charge in [-0.3, -0.25) is 9.88 Å². The lowest BCUT2D eigenvalue weighted by molar-refractivity contribution is 0.122. The van der Waals surface area contributed by atoms with Gasteiger partial charge in [0, 0.05) is 49.8 Å². The highest BCUT2D eigenvalue weighted by Crippen LogP contribution is 2.23. The summed E-state index contributed by atoms with van der Waals surface area (Å²) in [5.41, 5.74) is 2.49. The molecular weight excluding hydrogens is 400 g/mol. The first kappa shape index (κ1) is 20.5. The second kappa shape index (κ2) is 9.85. The van der Waals surface area contributed by atoms with Crippen LogP contribution in [-0.2, 0) is 17.7 Å². The van der Waals surface area contributed by atoms with Crippen molar-refractivity contribution in [2.75, 3.05) is 26.3 Å². The van der Waals surface area contributed by atoms with Gasteiger partial charge in [-0.15, -0.1) is 0 Å². The minimum atomic E-state index is 0.358. The zero-order valence-corrected chi connectivity index (χ0v) is 17.9. The highest BCUT2D eigenvalue weighted by atomic mass is 16.5. The Morgan fingerprint density at radius 2 is 1.91 bits per heavy atom. The van der Waals surface area contributed by atoms with Crippen molar-refractivity contribution in [3.05, 3.63) is 90.5 Å². The summed E-state index contributed by atoms with van der Waals surface area (Å²) in [6.45, 7) is 4.26. The molecule has 0 radical (unpaired) electrons. The molecule has 1 fully saturated rings. The van der Waals surface area contributed by atoms with Crippen molar-refractivity contribution < 1.29 is 9.47 Å². The van der Waals surface area contributed by atoms with E-state index in [2.05, 4.69) is 56.3 Å². The number of hydrogen-bond donors (Lipinski definition) is 0. The largest absolute Gasteiger partial charge is 0.424 e. The van der Waals surface area contributed by atoms with Crippen molar-refractivity contribution in [2.45, 2.75) is 13.0 Å². The van der Waals surface area contributed by atoms with Crippen molar-refractivity contribution in [3.63, 3.8) is 0 Å². The third kappa shape index (κ3) is 5.10. The van der Waals surface area contributed by atoms with Gasteiger partial charge in [0.2, 0.25) is 0 Å². The van der Waals surface area contributed by atoms with Crippen LogP contribution in [0.15, 0.2) is 79.4 Å². The maximum Gasteiger partial charge on any atom is 0.321 e. The van der Waals surface area contributed by atoms with E-state index in [1.54, 1.807) is 18.5 Å². The Balaban J connectivity index is 1.27. The van der Waals surface area contributed by atoms with E-state index in [4.69, 9.17) is 9.47 Å². The van der Waals surface area contributed by atoms with Crippen molar-refractivity contribution in [2.24, 2.45) is 5.92 Å². The molecule has 6 heteroatoms. The predicted molar refractivity (Wildman–Crippen MR) is 124 cm³/mol. The van der Waals surface area contributed by atoms with Crippen molar-refractivity contribution in [1.29, 1.82) is 0 Å². The van der Waals surface area contributed by atoms with Gasteiger partial charge >= 0.3 is 6.01 Å². The Hall–Kier alpha value is -3.35. The summed E-state index contributed by atoms with van der Waals surface area (Å²) in [5, 5.41) is 2.47. The van der Waals surface area contributed by atoms with Gasteiger partial charge in [0.1, 0.15) is 5.75 Å². The van der Waals surface area contributed by atoms with E-state index >= 15 is 0 Å². The third-order valence-electron chi connectivity index (χ3n) is 5.74. The number of nitrogens with zero attached hydrogens (tertiary/aromatic N) is 4. The molecule has 0 saturated carbocycles. The lowest BCUT2D eigenvalue weighted by atomic mass is 9.96. The smallest absolute Gasteiger partial charge is 0.321 e. The van der Waals surface area contributed by atoms with Crippen molar-refractivity contribution in [3.8, 4) is 11.8 Å². The molecule has 0 unspecified atom stereocenters. The topological polar surface area (TPSA) is 60.4 Å². The zero-order valence-electron chi connectivity index (χ0n) is 17.9. The van der Waals surface area contributed by atoms with E-state index in [1.807, 2.05) is 24.5 Å². The maximum atomic E-state index is 5.96. The average Bonchev–Trinajstić information content (AvgIpc) is 3.05. The van der Waals surface area contributed by atoms with Gasteiger partial charge in [-0.05, 0) is 47.1 Å². The molecule has 32 heavy (non-hydrogen) atoms. The standard InChI is InChI=1S/C26H26N4O2/c1-2-8-25-22(6-1)15-27-16-23(25)13-21-18-30(11-12-31-19-21)17-20-5-3-7-24(14-20)32-26-28-9-4-10-29-26/h1-10,14-16,21H,11-13,17-19H2/t21-/m1/s1. The first-order valence-corrected chi connectivity index (χ1v) is 11.0. The molecule has 4 aromatic rings. The molecule has 1 aliphatic rings. The first-order chi connectivity index (χ1) is 15.8. The lowest BCUT2D eigenvalue weighted by Crippen LogP contribution is -2.30. The van der Waals surface area contributed by atoms with E-state index in [1.165, 1.54) is 21.9 Å². The minimum absolute atomic E-state index is 0.358. The van der Waals surface area contributed by atoms with Crippen LogP contribution in [0.4, 0.5) is 0 Å². The summed E-state index contributed by atoms with van der Waals surface area (Å²) in [6.07, 6.45) is 8.25. The molecule has 0 bridgehead atoms. The Bertz CT molecular complexity index is 1160. The summed E-state index contributed by atoms with van der Waals surface area (Å²) in [4.78, 5) is 15.2. The number of ether oxygens (including phenoxy) is 2. The molecule has 1 atom stereocenters. The molecule has 2 aromatic heterocycles. The van der Waals surface area contributed by atoms with Crippen LogP contribution in [0.1, 0.15) is 11.1 Å². The fourth-order valence-corrected chi connectivity index (χ4v) is 4.28. The van der Waals surface area contributed by atoms with E-state index in [0.29, 0.717) is 11.9 Å². The van der Waals surface area contributed by atoms with Gasteiger partial charge in [-0.25, -0.2) is 9.97 Å². The second-order valence-corrected chi connectivity index (χ2v) is 8.18. The van der Waals surface area contributed by atoms with Gasteiger partial charge in [0.25, 0.3) is 0 Å². The molecule has 0 aliphatic carbocycles. The van der Waals surface area contributed by atoms with Crippen LogP contribution in [0.5, 0.6) is 11.8 Å². The Labute approximate surface area is 187 Å². The van der Waals surface area contributed by atoms with Crippen LogP contribution in [0.2, 0.25) is 0 Å². The minimum Gasteiger partial charge on any atom is -0.424 e. The predicted octanol–water partition coefficient (Wildman–Crippen LogP) is 4.51. The summed E-state index contributed by atoms with van der Waals surface area (Å²) >= 11 is 0. The van der Waals surface area contributed by atoms with Crippen LogP contribution < -0.4 is 4.74 Å². The number of fused-ring (bicyclic) bond motifs is 1. The van der Waals surface area contributed by atoms with Crippen molar-refractivity contribution >= 4 is 10.8 Å². The van der Waals surface area contributed by atoms with E-state index < -0.39 is 0 Å². The summed E-state index contributed by atoms with van der Waals surface area (Å²) in [6, 6.07) is 18.7. The van der Waals surface area contributed by atoms with E-state index in [0.717, 1.165) is 45.0 Å². The van der Waals surface area contributed by atoms with Crippen LogP contribution >= 0.6 is 0 Å². The third-order valence-corrected chi connectivity index (χ3v) is 5.74. The SMILES string of the molecule is c1cnc(Oc2cccc(CN3CCOC[C@H](Cc4cncc5ccccc45)C3)c2)nc1. The number of hydrogen-bond acceptors (Lipinski definition) is 6. The molecule has 1 saturated heterocycles. The Kier molecular flexibility index (Phi) is 6.32. The molecule has 0 spiro atoms. The number of benzene rings is 2. The molecule has 0 N–H and O–H groups in total. The first-order valence-electron chi connectivity index (χ1n) is 11.0. The average molecular weight is 427 g/mol. The highest BCUT2D eigenvalue weighted by Gasteiger charge is 2.20. The fourth-order valence-electron chi connectivity index (χ4n) is 4.28. The quantitative estimate of drug-likeness (QED) is 0.452. The number of aromatic nitrogens is 3. The highest BCUT2D eigenvalue weighted by molar-refractivity contribution is 5.84. The lowest BCUT2D eigenvalue weighted by Gasteiger charge is -2.24. The van der Waals surface area contributed by atoms with Gasteiger partial charge in [0.15, 0.2) is 0 Å². The summed E-state index contributed by atoms with van der Waals surface area (Å²) in [7, 11) is 0. The number of rotatable bonds is 6. The molecular formula is C26H26N4O2. The van der Waals surface area contributed by atoms with Crippen LogP contribution in [0.25, 0.3) is 10.8 Å². The Morgan fingerprint density at radius 3 is 2.84 bits per heavy atom. The normalized spacial score (nSPS) is 17.2. The molecule has 6 nitrogen and oxygen atoms in total. The molecule has 1 aliphatic heterocycles. The second-order valence-electron chi connectivity index (χ2n) is 8.18. The van der Waals surface area contributed by atoms with Crippen LogP contribution in [-0.4, -0.2) is 46.2 Å². The van der Waals surface area contributed by atoms with Gasteiger partial charge < -0.3 is 9.47 Å². The monoisotopic (exact) mass is 426 g/mol. The molecule has 3 heterocycles. The molecule has 5 rings (SSSR count). The fraction of sp³-hybridized carbons (Fsp3) is 0.269. The van der Waals surface area contributed by atoms with Gasteiger partial charge in [-0.2, -0.15) is 0 Å². The maximum absolute atomic E-state index is 5.96. The molecule has 2 aromatic carbocycles. The summed E-state index contributed by atoms with van der Waals surface area (Å²) in [5.74, 6) is 1.17. The molecule has 0 amide bonds. The zero-order chi connectivity index (χ0) is 21.6. The van der Waals surface area contributed by atoms with Crippen LogP contribution in [0.3, 0.4) is 0 Å². The van der Waals surface area contributed by atoms with Crippen LogP contribution in [0, 0.1) is 5.92 Å². The Morgan fingerprint density at radius 1 is 1.00 bits per heavy atom. The summed E-state index contributed by atoms with van der Waals surface area (Å²) < 4.78 is 11.8. The number of pyridine rings is 1. The van der Waals surface area contributed by atoms with Gasteiger partial charge in [0.05, 0.1) is 13.2 Å². The van der Waals surface area contributed by atoms with E-state index in [9.17, 15) is 0 Å². The molecule has 162 valence electrons. The van der Waals surface area contributed by atoms with Gasteiger partial charge in [-0.1, -0.05) is 36.4 Å². The van der Waals surface area contributed by atoms with Crippen molar-refractivity contribution in [1.82, 2.24) is 19.9 Å².